The molecule has 0 aliphatic rings. The van der Waals surface area contributed by atoms with Gasteiger partial charge in [0.25, 0.3) is 0 Å². The third-order valence-electron chi connectivity index (χ3n) is 4.00. The third-order valence-corrected chi connectivity index (χ3v) is 4.00. The van der Waals surface area contributed by atoms with Crippen molar-refractivity contribution < 1.29 is 28.6 Å². The molecule has 2 rings (SSSR count). The van der Waals surface area contributed by atoms with E-state index in [-0.39, 0.29) is 31.6 Å². The molecule has 0 amide bonds. The van der Waals surface area contributed by atoms with Gasteiger partial charge in [-0.05, 0) is 50.1 Å². The van der Waals surface area contributed by atoms with Crippen LogP contribution in [0, 0.1) is 0 Å². The van der Waals surface area contributed by atoms with Crippen molar-refractivity contribution in [2.24, 2.45) is 0 Å². The number of carbonyl (C=O) groups is 3. The van der Waals surface area contributed by atoms with Gasteiger partial charge < -0.3 is 14.2 Å². The first-order chi connectivity index (χ1) is 13.5. The lowest BCUT2D eigenvalue weighted by atomic mass is 9.94. The number of carbonyl (C=O) groups excluding carboxylic acids is 3. The quantitative estimate of drug-likeness (QED) is 0.372. The van der Waals surface area contributed by atoms with Crippen molar-refractivity contribution in [2.75, 3.05) is 13.2 Å². The Balaban J connectivity index is 2.37. The molecule has 148 valence electrons. The number of aryl methyl sites for hydroxylation is 1. The lowest BCUT2D eigenvalue weighted by molar-refractivity contribution is -0.184. The third kappa shape index (κ3) is 5.16. The molecule has 0 N–H and O–H groups in total. The van der Waals surface area contributed by atoms with E-state index in [0.717, 1.165) is 5.56 Å². The number of hydrogen-bond acceptors (Lipinski definition) is 7. The first-order valence-corrected chi connectivity index (χ1v) is 9.05. The van der Waals surface area contributed by atoms with Crippen molar-refractivity contribution in [1.82, 2.24) is 4.98 Å². The molecule has 0 fully saturated rings. The topological polar surface area (TPSA) is 91.8 Å². The van der Waals surface area contributed by atoms with Crippen molar-refractivity contribution in [3.63, 3.8) is 0 Å². The number of nitrogens with zero attached hydrogens (tertiary/aromatic N) is 1. The molecule has 7 nitrogen and oxygen atoms in total. The Labute approximate surface area is 163 Å². The fraction of sp³-hybridized carbons (Fsp3) is 0.333. The maximum atomic E-state index is 12.8. The molecule has 28 heavy (non-hydrogen) atoms. The lowest BCUT2D eigenvalue weighted by Crippen LogP contribution is -2.52. The molecule has 0 saturated heterocycles. The van der Waals surface area contributed by atoms with Gasteiger partial charge in [0.2, 0.25) is 0 Å². The lowest BCUT2D eigenvalue weighted by Gasteiger charge is -2.29. The summed E-state index contributed by atoms with van der Waals surface area (Å²) in [7, 11) is 0. The molecule has 0 saturated carbocycles. The number of rotatable bonds is 9. The standard InChI is InChI=1S/C21H23NO6/c1-3-26-19(24)21(20(25)27-4-2,13-10-16-11-14-22-15-12-16)28-18(23)17-8-6-5-7-9-17/h5-9,11-12,14-15H,3-4,10,13H2,1-2H3. The van der Waals surface area contributed by atoms with Gasteiger partial charge >= 0.3 is 23.5 Å². The smallest absolute Gasteiger partial charge is 0.362 e. The molecule has 0 spiro atoms. The van der Waals surface area contributed by atoms with Crippen molar-refractivity contribution in [1.29, 1.82) is 0 Å². The van der Waals surface area contributed by atoms with Crippen LogP contribution in [0.1, 0.15) is 36.2 Å². The largest absolute Gasteiger partial charge is 0.463 e. The summed E-state index contributed by atoms with van der Waals surface area (Å²) in [5.74, 6) is -2.71. The highest BCUT2D eigenvalue weighted by Crippen LogP contribution is 2.25. The predicted octanol–water partition coefficient (Wildman–Crippen LogP) is 2.74. The number of pyridine rings is 1. The van der Waals surface area contributed by atoms with Gasteiger partial charge in [-0.15, -0.1) is 0 Å². The van der Waals surface area contributed by atoms with E-state index in [4.69, 9.17) is 14.2 Å². The van der Waals surface area contributed by atoms with Gasteiger partial charge in [-0.25, -0.2) is 14.4 Å². The molecule has 1 heterocycles. The van der Waals surface area contributed by atoms with E-state index in [1.54, 1.807) is 56.6 Å². The molecule has 0 bridgehead atoms. The van der Waals surface area contributed by atoms with Crippen molar-refractivity contribution >= 4 is 17.9 Å². The van der Waals surface area contributed by atoms with Gasteiger partial charge in [0.15, 0.2) is 0 Å². The first-order valence-electron chi connectivity index (χ1n) is 9.05. The van der Waals surface area contributed by atoms with E-state index < -0.39 is 23.5 Å². The maximum absolute atomic E-state index is 12.8. The van der Waals surface area contributed by atoms with Gasteiger partial charge in [0, 0.05) is 18.8 Å². The van der Waals surface area contributed by atoms with Crippen LogP contribution >= 0.6 is 0 Å². The van der Waals surface area contributed by atoms with Gasteiger partial charge in [-0.1, -0.05) is 18.2 Å². The molecule has 1 aromatic heterocycles. The number of benzene rings is 1. The minimum absolute atomic E-state index is 0.0259. The van der Waals surface area contributed by atoms with Gasteiger partial charge in [-0.3, -0.25) is 4.98 Å². The van der Waals surface area contributed by atoms with E-state index in [0.29, 0.717) is 0 Å². The summed E-state index contributed by atoms with van der Waals surface area (Å²) in [4.78, 5) is 42.1. The molecule has 0 atom stereocenters. The Morgan fingerprint density at radius 3 is 2.00 bits per heavy atom. The van der Waals surface area contributed by atoms with E-state index in [1.807, 2.05) is 0 Å². The SMILES string of the molecule is CCOC(=O)C(CCc1ccncc1)(OC(=O)c1ccccc1)C(=O)OCC. The second-order valence-corrected chi connectivity index (χ2v) is 5.88. The summed E-state index contributed by atoms with van der Waals surface area (Å²) >= 11 is 0. The zero-order chi connectivity index (χ0) is 20.4. The van der Waals surface area contributed by atoms with Crippen LogP contribution in [0.25, 0.3) is 0 Å². The molecule has 0 aliphatic heterocycles. The molecular formula is C21H23NO6. The number of aromatic nitrogens is 1. The number of hydrogen-bond donors (Lipinski definition) is 0. The monoisotopic (exact) mass is 385 g/mol. The highest BCUT2D eigenvalue weighted by Gasteiger charge is 2.53. The van der Waals surface area contributed by atoms with E-state index in [1.165, 1.54) is 12.1 Å². The minimum atomic E-state index is -2.19. The van der Waals surface area contributed by atoms with Crippen LogP contribution in [0.15, 0.2) is 54.9 Å². The van der Waals surface area contributed by atoms with Crippen LogP contribution in [-0.2, 0) is 30.2 Å². The van der Waals surface area contributed by atoms with Crippen molar-refractivity contribution in [3.8, 4) is 0 Å². The summed E-state index contributed by atoms with van der Waals surface area (Å²) in [6.07, 6.45) is 3.36. The number of ether oxygens (including phenoxy) is 3. The Hall–Kier alpha value is -3.22. The van der Waals surface area contributed by atoms with Crippen LogP contribution < -0.4 is 0 Å². The fourth-order valence-corrected chi connectivity index (χ4v) is 2.58. The molecule has 0 aliphatic carbocycles. The minimum Gasteiger partial charge on any atom is -0.463 e. The summed E-state index contributed by atoms with van der Waals surface area (Å²) in [6.45, 7) is 3.27. The van der Waals surface area contributed by atoms with Crippen molar-refractivity contribution in [2.45, 2.75) is 32.3 Å². The molecule has 0 radical (unpaired) electrons. The van der Waals surface area contributed by atoms with Gasteiger partial charge in [0.05, 0.1) is 18.8 Å². The summed E-state index contributed by atoms with van der Waals surface area (Å²) in [5.41, 5.74) is -1.16. The van der Waals surface area contributed by atoms with Crippen LogP contribution in [0.4, 0.5) is 0 Å². The Morgan fingerprint density at radius 1 is 0.893 bits per heavy atom. The normalized spacial score (nSPS) is 10.8. The predicted molar refractivity (Wildman–Crippen MR) is 100 cm³/mol. The summed E-state index contributed by atoms with van der Waals surface area (Å²) in [5, 5.41) is 0. The zero-order valence-corrected chi connectivity index (χ0v) is 15.9. The van der Waals surface area contributed by atoms with E-state index in [9.17, 15) is 14.4 Å². The average Bonchev–Trinajstić information content (AvgIpc) is 2.72. The molecular weight excluding hydrogens is 362 g/mol. The first kappa shape index (κ1) is 21.1. The Kier molecular flexibility index (Phi) is 7.68. The molecule has 2 aromatic rings. The zero-order valence-electron chi connectivity index (χ0n) is 15.9. The molecule has 7 heteroatoms. The van der Waals surface area contributed by atoms with E-state index in [2.05, 4.69) is 4.98 Å². The second-order valence-electron chi connectivity index (χ2n) is 5.88. The van der Waals surface area contributed by atoms with Crippen LogP contribution in [0.2, 0.25) is 0 Å². The van der Waals surface area contributed by atoms with Crippen LogP contribution in [0.3, 0.4) is 0 Å². The maximum Gasteiger partial charge on any atom is 0.362 e. The highest BCUT2D eigenvalue weighted by molar-refractivity contribution is 6.06. The van der Waals surface area contributed by atoms with Crippen LogP contribution in [-0.4, -0.2) is 41.7 Å². The van der Waals surface area contributed by atoms with Gasteiger partial charge in [0.1, 0.15) is 0 Å². The van der Waals surface area contributed by atoms with E-state index >= 15 is 0 Å². The summed E-state index contributed by atoms with van der Waals surface area (Å²) in [6, 6.07) is 11.6. The van der Waals surface area contributed by atoms with Crippen LogP contribution in [0.5, 0.6) is 0 Å². The second kappa shape index (κ2) is 10.2. The fourth-order valence-electron chi connectivity index (χ4n) is 2.58. The highest BCUT2D eigenvalue weighted by atomic mass is 16.6. The Bertz CT molecular complexity index is 773. The Morgan fingerprint density at radius 2 is 1.46 bits per heavy atom. The average molecular weight is 385 g/mol. The van der Waals surface area contributed by atoms with Crippen molar-refractivity contribution in [3.05, 3.63) is 66.0 Å². The summed E-state index contributed by atoms with van der Waals surface area (Å²) < 4.78 is 15.6. The number of esters is 3. The van der Waals surface area contributed by atoms with Gasteiger partial charge in [-0.2, -0.15) is 0 Å². The molecule has 1 aromatic carbocycles. The molecule has 0 unspecified atom stereocenters.